The molecule has 2 amide bonds. The van der Waals surface area contributed by atoms with Crippen molar-refractivity contribution in [2.75, 3.05) is 17.2 Å². The number of carbonyl (C=O) groups excluding carboxylic acids is 2. The van der Waals surface area contributed by atoms with Gasteiger partial charge < -0.3 is 15.4 Å². The minimum atomic E-state index is -0.182. The Morgan fingerprint density at radius 3 is 3.05 bits per heavy atom. The van der Waals surface area contributed by atoms with E-state index in [1.165, 1.54) is 0 Å². The first-order valence-corrected chi connectivity index (χ1v) is 6.75. The number of anilines is 2. The van der Waals surface area contributed by atoms with Crippen LogP contribution >= 0.6 is 0 Å². The number of ether oxygens (including phenoxy) is 1. The van der Waals surface area contributed by atoms with Crippen molar-refractivity contribution in [3.05, 3.63) is 30.4 Å². The van der Waals surface area contributed by atoms with Crippen molar-refractivity contribution in [3.8, 4) is 5.75 Å². The number of nitrogens with one attached hydrogen (secondary N) is 2. The molecule has 1 heterocycles. The second-order valence-corrected chi connectivity index (χ2v) is 5.02. The average Bonchev–Trinajstić information content (AvgIpc) is 2.47. The van der Waals surface area contributed by atoms with E-state index in [1.807, 2.05) is 0 Å². The number of hydrogen-bond acceptors (Lipinski definition) is 3. The normalized spacial score (nSPS) is 20.6. The summed E-state index contributed by atoms with van der Waals surface area (Å²) in [5.74, 6) is 0.501. The van der Waals surface area contributed by atoms with E-state index in [-0.39, 0.29) is 24.3 Å². The van der Waals surface area contributed by atoms with E-state index in [9.17, 15) is 9.59 Å². The third kappa shape index (κ3) is 2.66. The van der Waals surface area contributed by atoms with Crippen LogP contribution in [-0.4, -0.2) is 18.4 Å². The lowest BCUT2D eigenvalue weighted by Gasteiger charge is -2.20. The van der Waals surface area contributed by atoms with Crippen LogP contribution in [0.4, 0.5) is 11.4 Å². The predicted molar refractivity (Wildman–Crippen MR) is 75.7 cm³/mol. The van der Waals surface area contributed by atoms with E-state index in [0.29, 0.717) is 17.1 Å². The molecule has 5 heteroatoms. The second kappa shape index (κ2) is 5.36. The minimum Gasteiger partial charge on any atom is -0.482 e. The van der Waals surface area contributed by atoms with Gasteiger partial charge in [0.05, 0.1) is 5.69 Å². The molecule has 2 N–H and O–H groups in total. The highest BCUT2D eigenvalue weighted by atomic mass is 16.5. The molecule has 0 fully saturated rings. The number of allylic oxidation sites excluding steroid dienone is 2. The molecule has 20 heavy (non-hydrogen) atoms. The molecule has 0 saturated heterocycles. The first-order valence-electron chi connectivity index (χ1n) is 6.75. The van der Waals surface area contributed by atoms with Crippen molar-refractivity contribution in [2.45, 2.75) is 19.3 Å². The summed E-state index contributed by atoms with van der Waals surface area (Å²) in [5, 5.41) is 5.62. The molecule has 1 aliphatic carbocycles. The van der Waals surface area contributed by atoms with E-state index >= 15 is 0 Å². The summed E-state index contributed by atoms with van der Waals surface area (Å²) < 4.78 is 5.28. The van der Waals surface area contributed by atoms with Crippen molar-refractivity contribution in [1.82, 2.24) is 0 Å². The monoisotopic (exact) mass is 272 g/mol. The Bertz CT molecular complexity index is 580. The van der Waals surface area contributed by atoms with E-state index in [1.54, 1.807) is 18.2 Å². The second-order valence-electron chi connectivity index (χ2n) is 5.02. The topological polar surface area (TPSA) is 67.4 Å². The average molecular weight is 272 g/mol. The number of hydrogen-bond donors (Lipinski definition) is 2. The van der Waals surface area contributed by atoms with Crippen LogP contribution in [0.3, 0.4) is 0 Å². The summed E-state index contributed by atoms with van der Waals surface area (Å²) in [6, 6.07) is 5.26. The Morgan fingerprint density at radius 2 is 2.25 bits per heavy atom. The maximum absolute atomic E-state index is 12.1. The Balaban J connectivity index is 1.71. The van der Waals surface area contributed by atoms with E-state index in [4.69, 9.17) is 4.74 Å². The summed E-state index contributed by atoms with van der Waals surface area (Å²) in [5.41, 5.74) is 1.27. The van der Waals surface area contributed by atoms with Gasteiger partial charge in [0.2, 0.25) is 5.91 Å². The van der Waals surface area contributed by atoms with Crippen LogP contribution in [0.15, 0.2) is 30.4 Å². The van der Waals surface area contributed by atoms with Crippen molar-refractivity contribution in [3.63, 3.8) is 0 Å². The van der Waals surface area contributed by atoms with Crippen molar-refractivity contribution < 1.29 is 14.3 Å². The molecule has 1 aliphatic heterocycles. The van der Waals surface area contributed by atoms with E-state index in [0.717, 1.165) is 19.3 Å². The molecule has 1 aromatic carbocycles. The number of fused-ring (bicyclic) bond motifs is 1. The highest BCUT2D eigenvalue weighted by Gasteiger charge is 2.20. The summed E-state index contributed by atoms with van der Waals surface area (Å²) >= 11 is 0. The fourth-order valence-corrected chi connectivity index (χ4v) is 2.44. The first-order chi connectivity index (χ1) is 9.72. The zero-order chi connectivity index (χ0) is 13.9. The zero-order valence-corrected chi connectivity index (χ0v) is 11.0. The zero-order valence-electron chi connectivity index (χ0n) is 11.0. The van der Waals surface area contributed by atoms with Crippen LogP contribution < -0.4 is 15.4 Å². The Labute approximate surface area is 117 Å². The molecule has 0 bridgehead atoms. The lowest BCUT2D eigenvalue weighted by molar-refractivity contribution is -0.120. The summed E-state index contributed by atoms with van der Waals surface area (Å²) in [7, 11) is 0. The van der Waals surface area contributed by atoms with Crippen LogP contribution in [0.5, 0.6) is 5.75 Å². The molecule has 0 aromatic heterocycles. The molecule has 104 valence electrons. The van der Waals surface area contributed by atoms with Crippen LogP contribution in [0.2, 0.25) is 0 Å². The maximum Gasteiger partial charge on any atom is 0.262 e. The number of amides is 2. The third-order valence-corrected chi connectivity index (χ3v) is 3.52. The summed E-state index contributed by atoms with van der Waals surface area (Å²) in [4.78, 5) is 23.4. The number of rotatable bonds is 2. The highest BCUT2D eigenvalue weighted by Crippen LogP contribution is 2.31. The Kier molecular flexibility index (Phi) is 3.41. The molecule has 0 spiro atoms. The molecular weight excluding hydrogens is 256 g/mol. The number of carbonyl (C=O) groups is 2. The van der Waals surface area contributed by atoms with Gasteiger partial charge in [-0.3, -0.25) is 9.59 Å². The Morgan fingerprint density at radius 1 is 1.35 bits per heavy atom. The standard InChI is InChI=1S/C15H16N2O3/c18-14-9-20-13-7-6-11(8-12(13)17-14)16-15(19)10-4-2-1-3-5-10/h1-2,6-8,10H,3-5,9H2,(H,16,19)(H,17,18)/t10-/m1/s1. The van der Waals surface area contributed by atoms with Gasteiger partial charge in [-0.15, -0.1) is 0 Å². The van der Waals surface area contributed by atoms with E-state index in [2.05, 4.69) is 22.8 Å². The maximum atomic E-state index is 12.1. The van der Waals surface area contributed by atoms with E-state index < -0.39 is 0 Å². The highest BCUT2D eigenvalue weighted by molar-refractivity contribution is 5.98. The molecule has 1 atom stereocenters. The van der Waals surface area contributed by atoms with Gasteiger partial charge in [0.25, 0.3) is 5.91 Å². The van der Waals surface area contributed by atoms with Crippen LogP contribution in [0, 0.1) is 5.92 Å². The van der Waals surface area contributed by atoms with Crippen molar-refractivity contribution in [2.24, 2.45) is 5.92 Å². The molecule has 1 aromatic rings. The van der Waals surface area contributed by atoms with Crippen molar-refractivity contribution >= 4 is 23.2 Å². The largest absolute Gasteiger partial charge is 0.482 e. The lowest BCUT2D eigenvalue weighted by Crippen LogP contribution is -2.26. The molecule has 0 unspecified atom stereocenters. The molecule has 3 rings (SSSR count). The summed E-state index contributed by atoms with van der Waals surface area (Å²) in [6.07, 6.45) is 6.78. The molecule has 5 nitrogen and oxygen atoms in total. The Hall–Kier alpha value is -2.30. The van der Waals surface area contributed by atoms with Gasteiger partial charge >= 0.3 is 0 Å². The van der Waals surface area contributed by atoms with Gasteiger partial charge in [-0.05, 0) is 37.5 Å². The fourth-order valence-electron chi connectivity index (χ4n) is 2.44. The van der Waals surface area contributed by atoms with Crippen LogP contribution in [0.25, 0.3) is 0 Å². The van der Waals surface area contributed by atoms with Gasteiger partial charge in [-0.1, -0.05) is 12.2 Å². The molecule has 0 saturated carbocycles. The van der Waals surface area contributed by atoms with Gasteiger partial charge in [0.1, 0.15) is 5.75 Å². The van der Waals surface area contributed by atoms with Gasteiger partial charge in [0, 0.05) is 11.6 Å². The van der Waals surface area contributed by atoms with Crippen molar-refractivity contribution in [1.29, 1.82) is 0 Å². The predicted octanol–water partition coefficient (Wildman–Crippen LogP) is 2.31. The van der Waals surface area contributed by atoms with Gasteiger partial charge in [-0.2, -0.15) is 0 Å². The van der Waals surface area contributed by atoms with Crippen LogP contribution in [-0.2, 0) is 9.59 Å². The quantitative estimate of drug-likeness (QED) is 0.812. The molecule has 0 radical (unpaired) electrons. The smallest absolute Gasteiger partial charge is 0.262 e. The molecule has 2 aliphatic rings. The van der Waals surface area contributed by atoms with Crippen LogP contribution in [0.1, 0.15) is 19.3 Å². The number of benzene rings is 1. The third-order valence-electron chi connectivity index (χ3n) is 3.52. The van der Waals surface area contributed by atoms with Gasteiger partial charge in [-0.25, -0.2) is 0 Å². The lowest BCUT2D eigenvalue weighted by atomic mass is 9.93. The minimum absolute atomic E-state index is 0.0253. The SMILES string of the molecule is O=C1COc2ccc(NC(=O)[C@@H]3CC=CCC3)cc2N1. The molecular formula is C15H16N2O3. The first kappa shape index (κ1) is 12.7. The fraction of sp³-hybridized carbons (Fsp3) is 0.333. The summed E-state index contributed by atoms with van der Waals surface area (Å²) in [6.45, 7) is 0.0348. The van der Waals surface area contributed by atoms with Gasteiger partial charge in [0.15, 0.2) is 6.61 Å².